The van der Waals surface area contributed by atoms with E-state index in [4.69, 9.17) is 5.73 Å². The van der Waals surface area contributed by atoms with Crippen molar-refractivity contribution in [3.8, 4) is 0 Å². The fourth-order valence-corrected chi connectivity index (χ4v) is 2.42. The number of nitrogen functional groups attached to an aromatic ring is 1. The summed E-state index contributed by atoms with van der Waals surface area (Å²) in [6.07, 6.45) is 0.325. The number of rotatable bonds is 3. The Kier molecular flexibility index (Phi) is 4.45. The molecule has 2 rings (SSSR count). The van der Waals surface area contributed by atoms with Gasteiger partial charge in [0.25, 0.3) is 0 Å². The Hall–Kier alpha value is -1.81. The molecule has 0 bridgehead atoms. The normalized spacial score (nSPS) is 10.3. The van der Waals surface area contributed by atoms with Gasteiger partial charge in [-0.15, -0.1) is 0 Å². The van der Waals surface area contributed by atoms with Gasteiger partial charge >= 0.3 is 0 Å². The van der Waals surface area contributed by atoms with Gasteiger partial charge in [-0.25, -0.2) is 0 Å². The molecule has 0 radical (unpaired) electrons. The van der Waals surface area contributed by atoms with E-state index < -0.39 is 0 Å². The van der Waals surface area contributed by atoms with Gasteiger partial charge in [-0.1, -0.05) is 28.1 Å². The van der Waals surface area contributed by atoms with Crippen LogP contribution in [0.1, 0.15) is 16.7 Å². The molecular formula is C16H17BrN2O. The van der Waals surface area contributed by atoms with Crippen LogP contribution in [0.25, 0.3) is 0 Å². The number of nitrogens with one attached hydrogen (secondary N) is 1. The first-order chi connectivity index (χ1) is 9.45. The monoisotopic (exact) mass is 332 g/mol. The Balaban J connectivity index is 2.10. The van der Waals surface area contributed by atoms with Gasteiger partial charge in [0.15, 0.2) is 0 Å². The average Bonchev–Trinajstić information content (AvgIpc) is 2.36. The standard InChI is InChI=1S/C16H17BrN2O/c1-10-6-14(18)15(7-11(10)2)19-16(20)9-12-4-3-5-13(17)8-12/h3-8H,9,18H2,1-2H3,(H,19,20). The molecule has 0 heterocycles. The number of hydrogen-bond acceptors (Lipinski definition) is 2. The Labute approximate surface area is 127 Å². The van der Waals surface area contributed by atoms with Crippen LogP contribution in [0.5, 0.6) is 0 Å². The lowest BCUT2D eigenvalue weighted by Gasteiger charge is -2.11. The molecule has 0 saturated carbocycles. The third-order valence-corrected chi connectivity index (χ3v) is 3.69. The number of carbonyl (C=O) groups excluding carboxylic acids is 1. The van der Waals surface area contributed by atoms with Crippen LogP contribution in [0.15, 0.2) is 40.9 Å². The van der Waals surface area contributed by atoms with E-state index in [0.29, 0.717) is 17.8 Å². The number of anilines is 2. The van der Waals surface area contributed by atoms with E-state index >= 15 is 0 Å². The van der Waals surface area contributed by atoms with Crippen molar-refractivity contribution >= 4 is 33.2 Å². The molecule has 0 aliphatic carbocycles. The summed E-state index contributed by atoms with van der Waals surface area (Å²) in [4.78, 5) is 12.1. The van der Waals surface area contributed by atoms with Gasteiger partial charge in [-0.05, 0) is 54.8 Å². The fourth-order valence-electron chi connectivity index (χ4n) is 1.97. The highest BCUT2D eigenvalue weighted by Gasteiger charge is 2.08. The van der Waals surface area contributed by atoms with Crippen molar-refractivity contribution in [1.82, 2.24) is 0 Å². The van der Waals surface area contributed by atoms with Crippen molar-refractivity contribution < 1.29 is 4.79 Å². The van der Waals surface area contributed by atoms with E-state index in [-0.39, 0.29) is 5.91 Å². The van der Waals surface area contributed by atoms with E-state index in [0.717, 1.165) is 21.2 Å². The van der Waals surface area contributed by atoms with E-state index in [1.165, 1.54) is 0 Å². The summed E-state index contributed by atoms with van der Waals surface area (Å²) >= 11 is 3.40. The molecule has 3 nitrogen and oxygen atoms in total. The first-order valence-electron chi connectivity index (χ1n) is 6.36. The summed E-state index contributed by atoms with van der Waals surface area (Å²) in [7, 11) is 0. The molecule has 2 aromatic carbocycles. The second-order valence-corrected chi connectivity index (χ2v) is 5.79. The third-order valence-electron chi connectivity index (χ3n) is 3.19. The Morgan fingerprint density at radius 1 is 1.20 bits per heavy atom. The minimum atomic E-state index is -0.0712. The molecule has 0 unspecified atom stereocenters. The minimum absolute atomic E-state index is 0.0712. The maximum absolute atomic E-state index is 12.1. The van der Waals surface area contributed by atoms with Crippen LogP contribution in [0.4, 0.5) is 11.4 Å². The molecule has 0 atom stereocenters. The lowest BCUT2D eigenvalue weighted by Crippen LogP contribution is -2.15. The molecule has 3 N–H and O–H groups in total. The molecular weight excluding hydrogens is 316 g/mol. The van der Waals surface area contributed by atoms with E-state index in [1.807, 2.05) is 50.2 Å². The fraction of sp³-hybridized carbons (Fsp3) is 0.188. The summed E-state index contributed by atoms with van der Waals surface area (Å²) in [5.41, 5.74) is 10.4. The van der Waals surface area contributed by atoms with Crippen molar-refractivity contribution in [2.24, 2.45) is 0 Å². The largest absolute Gasteiger partial charge is 0.397 e. The van der Waals surface area contributed by atoms with Crippen molar-refractivity contribution in [3.05, 3.63) is 57.6 Å². The molecule has 0 aliphatic rings. The molecule has 104 valence electrons. The molecule has 0 fully saturated rings. The van der Waals surface area contributed by atoms with E-state index in [2.05, 4.69) is 21.2 Å². The highest BCUT2D eigenvalue weighted by molar-refractivity contribution is 9.10. The predicted octanol–water partition coefficient (Wildman–Crippen LogP) is 3.83. The van der Waals surface area contributed by atoms with Crippen LogP contribution < -0.4 is 11.1 Å². The minimum Gasteiger partial charge on any atom is -0.397 e. The third kappa shape index (κ3) is 3.61. The van der Waals surface area contributed by atoms with Gasteiger partial charge < -0.3 is 11.1 Å². The molecule has 1 amide bonds. The summed E-state index contributed by atoms with van der Waals surface area (Å²) in [5, 5.41) is 2.87. The van der Waals surface area contributed by atoms with Crippen LogP contribution in [0.3, 0.4) is 0 Å². The van der Waals surface area contributed by atoms with E-state index in [1.54, 1.807) is 0 Å². The van der Waals surface area contributed by atoms with Crippen LogP contribution in [-0.2, 0) is 11.2 Å². The van der Waals surface area contributed by atoms with E-state index in [9.17, 15) is 4.79 Å². The number of aryl methyl sites for hydroxylation is 2. The summed E-state index contributed by atoms with van der Waals surface area (Å²) in [5.74, 6) is -0.0712. The molecule has 0 saturated heterocycles. The topological polar surface area (TPSA) is 55.1 Å². The van der Waals surface area contributed by atoms with Gasteiger partial charge in [-0.2, -0.15) is 0 Å². The zero-order valence-corrected chi connectivity index (χ0v) is 13.1. The second kappa shape index (κ2) is 6.09. The number of halogens is 1. The predicted molar refractivity (Wildman–Crippen MR) is 86.8 cm³/mol. The molecule has 20 heavy (non-hydrogen) atoms. The van der Waals surface area contributed by atoms with Crippen molar-refractivity contribution in [3.63, 3.8) is 0 Å². The smallest absolute Gasteiger partial charge is 0.228 e. The molecule has 4 heteroatoms. The maximum Gasteiger partial charge on any atom is 0.228 e. The molecule has 0 aromatic heterocycles. The first-order valence-corrected chi connectivity index (χ1v) is 7.16. The average molecular weight is 333 g/mol. The highest BCUT2D eigenvalue weighted by atomic mass is 79.9. The lowest BCUT2D eigenvalue weighted by molar-refractivity contribution is -0.115. The van der Waals surface area contributed by atoms with Gasteiger partial charge in [-0.3, -0.25) is 4.79 Å². The van der Waals surface area contributed by atoms with Gasteiger partial charge in [0.2, 0.25) is 5.91 Å². The number of carbonyl (C=O) groups is 1. The lowest BCUT2D eigenvalue weighted by atomic mass is 10.1. The first kappa shape index (κ1) is 14.6. The molecule has 2 aromatic rings. The van der Waals surface area contributed by atoms with Gasteiger partial charge in [0.05, 0.1) is 17.8 Å². The second-order valence-electron chi connectivity index (χ2n) is 4.88. The van der Waals surface area contributed by atoms with Crippen molar-refractivity contribution in [1.29, 1.82) is 0 Å². The van der Waals surface area contributed by atoms with Gasteiger partial charge in [0.1, 0.15) is 0 Å². The number of benzene rings is 2. The van der Waals surface area contributed by atoms with Crippen molar-refractivity contribution in [2.45, 2.75) is 20.3 Å². The van der Waals surface area contributed by atoms with Crippen LogP contribution in [0.2, 0.25) is 0 Å². The van der Waals surface area contributed by atoms with Crippen molar-refractivity contribution in [2.75, 3.05) is 11.1 Å². The highest BCUT2D eigenvalue weighted by Crippen LogP contribution is 2.23. The Morgan fingerprint density at radius 2 is 1.90 bits per heavy atom. The van der Waals surface area contributed by atoms with Crippen LogP contribution in [-0.4, -0.2) is 5.91 Å². The number of amides is 1. The summed E-state index contributed by atoms with van der Waals surface area (Å²) < 4.78 is 0.966. The number of nitrogens with two attached hydrogens (primary N) is 1. The Bertz CT molecular complexity index is 653. The molecule has 0 aliphatic heterocycles. The van der Waals surface area contributed by atoms with Gasteiger partial charge in [0, 0.05) is 4.47 Å². The zero-order chi connectivity index (χ0) is 14.7. The zero-order valence-electron chi connectivity index (χ0n) is 11.5. The quantitative estimate of drug-likeness (QED) is 0.839. The molecule has 0 spiro atoms. The SMILES string of the molecule is Cc1cc(N)c(NC(=O)Cc2cccc(Br)c2)cc1C. The Morgan fingerprint density at radius 3 is 2.60 bits per heavy atom. The number of hydrogen-bond donors (Lipinski definition) is 2. The van der Waals surface area contributed by atoms with Crippen LogP contribution >= 0.6 is 15.9 Å². The maximum atomic E-state index is 12.1. The summed E-state index contributed by atoms with van der Waals surface area (Å²) in [6.45, 7) is 4.00. The summed E-state index contributed by atoms with van der Waals surface area (Å²) in [6, 6.07) is 11.5. The van der Waals surface area contributed by atoms with Crippen LogP contribution in [0, 0.1) is 13.8 Å².